The van der Waals surface area contributed by atoms with Gasteiger partial charge >= 0.3 is 6.09 Å². The molecule has 0 saturated heterocycles. The van der Waals surface area contributed by atoms with E-state index in [1.807, 2.05) is 36.6 Å². The fourth-order valence-corrected chi connectivity index (χ4v) is 4.65. The molecule has 28 heavy (non-hydrogen) atoms. The van der Waals surface area contributed by atoms with E-state index in [1.165, 1.54) is 11.8 Å². The van der Waals surface area contributed by atoms with Crippen LogP contribution in [0.5, 0.6) is 0 Å². The van der Waals surface area contributed by atoms with Gasteiger partial charge in [-0.25, -0.2) is 4.79 Å². The number of carbonyl (C=O) groups excluding carboxylic acids is 3. The summed E-state index contributed by atoms with van der Waals surface area (Å²) in [6.07, 6.45) is 4.45. The Morgan fingerprint density at radius 2 is 1.96 bits per heavy atom. The molecule has 0 radical (unpaired) electrons. The first-order chi connectivity index (χ1) is 13.5. The topological polar surface area (TPSA) is 84.5 Å². The summed E-state index contributed by atoms with van der Waals surface area (Å²) in [7, 11) is 0. The first kappa shape index (κ1) is 22.6. The third-order valence-corrected chi connectivity index (χ3v) is 6.23. The minimum Gasteiger partial charge on any atom is -0.445 e. The van der Waals surface area contributed by atoms with Crippen molar-refractivity contribution in [3.63, 3.8) is 0 Å². The largest absolute Gasteiger partial charge is 0.445 e. The van der Waals surface area contributed by atoms with Crippen LogP contribution in [0.1, 0.15) is 38.2 Å². The Morgan fingerprint density at radius 3 is 2.64 bits per heavy atom. The molecule has 3 atom stereocenters. The van der Waals surface area contributed by atoms with Gasteiger partial charge in [-0.2, -0.15) is 11.8 Å². The van der Waals surface area contributed by atoms with Crippen molar-refractivity contribution in [1.29, 1.82) is 0 Å². The number of hydrogen-bond acceptors (Lipinski definition) is 6. The smallest absolute Gasteiger partial charge is 0.408 e. The summed E-state index contributed by atoms with van der Waals surface area (Å²) in [5.41, 5.74) is 0.891. The lowest BCUT2D eigenvalue weighted by Gasteiger charge is -2.21. The van der Waals surface area contributed by atoms with Crippen LogP contribution in [0.25, 0.3) is 0 Å². The van der Waals surface area contributed by atoms with Crippen molar-refractivity contribution in [2.75, 3.05) is 12.0 Å². The number of thioether (sulfide) groups is 2. The van der Waals surface area contributed by atoms with Crippen molar-refractivity contribution >= 4 is 40.6 Å². The molecule has 2 unspecified atom stereocenters. The molecule has 1 aliphatic rings. The predicted molar refractivity (Wildman–Crippen MR) is 114 cm³/mol. The second-order valence-electron chi connectivity index (χ2n) is 6.79. The van der Waals surface area contributed by atoms with Crippen LogP contribution in [0.4, 0.5) is 4.79 Å². The van der Waals surface area contributed by atoms with Crippen LogP contribution in [0.2, 0.25) is 0 Å². The highest BCUT2D eigenvalue weighted by atomic mass is 32.2. The van der Waals surface area contributed by atoms with E-state index in [0.29, 0.717) is 6.42 Å². The molecule has 8 heteroatoms. The summed E-state index contributed by atoms with van der Waals surface area (Å²) < 4.78 is 5.24. The van der Waals surface area contributed by atoms with Gasteiger partial charge in [-0.15, -0.1) is 0 Å². The van der Waals surface area contributed by atoms with Crippen LogP contribution in [-0.2, 0) is 20.9 Å². The fourth-order valence-electron chi connectivity index (χ4n) is 3.13. The molecule has 2 N–H and O–H groups in total. The van der Waals surface area contributed by atoms with Gasteiger partial charge in [0.05, 0.1) is 0 Å². The minimum atomic E-state index is -0.629. The van der Waals surface area contributed by atoms with Gasteiger partial charge in [0.25, 0.3) is 0 Å². The van der Waals surface area contributed by atoms with E-state index in [-0.39, 0.29) is 28.9 Å². The molecule has 0 aromatic heterocycles. The third-order valence-electron chi connectivity index (χ3n) is 4.50. The number of hydrogen-bond donors (Lipinski definition) is 2. The Kier molecular flexibility index (Phi) is 9.70. The van der Waals surface area contributed by atoms with E-state index >= 15 is 0 Å². The lowest BCUT2D eigenvalue weighted by molar-refractivity contribution is -0.123. The summed E-state index contributed by atoms with van der Waals surface area (Å²) in [5.74, 6) is 0.564. The Labute approximate surface area is 174 Å². The number of benzene rings is 1. The molecule has 0 bridgehead atoms. The number of nitrogens with one attached hydrogen (secondary N) is 2. The Hall–Kier alpha value is -1.67. The summed E-state index contributed by atoms with van der Waals surface area (Å²) in [5, 5.41) is 6.09. The quantitative estimate of drug-likeness (QED) is 0.632. The molecule has 6 nitrogen and oxygen atoms in total. The molecule has 0 spiro atoms. The Balaban J connectivity index is 1.82. The second kappa shape index (κ2) is 12.0. The van der Waals surface area contributed by atoms with Crippen molar-refractivity contribution in [3.8, 4) is 0 Å². The summed E-state index contributed by atoms with van der Waals surface area (Å²) in [6, 6.07) is 8.82. The van der Waals surface area contributed by atoms with E-state index in [2.05, 4.69) is 10.6 Å². The lowest BCUT2D eigenvalue weighted by Crippen LogP contribution is -2.49. The highest BCUT2D eigenvalue weighted by Gasteiger charge is 2.30. The van der Waals surface area contributed by atoms with Gasteiger partial charge in [-0.05, 0) is 43.3 Å². The Bertz CT molecular complexity index is 657. The molecule has 154 valence electrons. The maximum absolute atomic E-state index is 12.7. The van der Waals surface area contributed by atoms with E-state index in [0.717, 1.165) is 30.6 Å². The van der Waals surface area contributed by atoms with Crippen LogP contribution in [0.3, 0.4) is 0 Å². The van der Waals surface area contributed by atoms with Gasteiger partial charge < -0.3 is 15.4 Å². The van der Waals surface area contributed by atoms with Crippen LogP contribution in [0.15, 0.2) is 30.3 Å². The number of rotatable bonds is 9. The zero-order chi connectivity index (χ0) is 20.4. The van der Waals surface area contributed by atoms with Gasteiger partial charge in [-0.1, -0.05) is 42.1 Å². The molecule has 1 aliphatic carbocycles. The molecule has 0 aliphatic heterocycles. The molecule has 0 heterocycles. The SMILES string of the molecule is CSCC[C@H](NC(=O)OCc1ccccc1)C(=O)NC1CCC(SC(C)=O)C1. The molecular weight excluding hydrogens is 396 g/mol. The van der Waals surface area contributed by atoms with Gasteiger partial charge in [0.15, 0.2) is 5.12 Å². The molecule has 1 aromatic rings. The maximum atomic E-state index is 12.7. The zero-order valence-corrected chi connectivity index (χ0v) is 17.9. The van der Waals surface area contributed by atoms with E-state index in [4.69, 9.17) is 4.74 Å². The zero-order valence-electron chi connectivity index (χ0n) is 16.3. The van der Waals surface area contributed by atoms with E-state index in [1.54, 1.807) is 18.7 Å². The third kappa shape index (κ3) is 8.14. The number of amides is 2. The van der Waals surface area contributed by atoms with Crippen LogP contribution >= 0.6 is 23.5 Å². The summed E-state index contributed by atoms with van der Waals surface area (Å²) in [4.78, 5) is 36.1. The molecule has 1 saturated carbocycles. The average molecular weight is 425 g/mol. The van der Waals surface area contributed by atoms with Gasteiger partial charge in [-0.3, -0.25) is 9.59 Å². The first-order valence-corrected chi connectivity index (χ1v) is 11.7. The van der Waals surface area contributed by atoms with Gasteiger partial charge in [0, 0.05) is 18.2 Å². The van der Waals surface area contributed by atoms with E-state index in [9.17, 15) is 14.4 Å². The summed E-state index contributed by atoms with van der Waals surface area (Å²) in [6.45, 7) is 1.73. The monoisotopic (exact) mass is 424 g/mol. The molecule has 1 fully saturated rings. The summed E-state index contributed by atoms with van der Waals surface area (Å²) >= 11 is 2.97. The fraction of sp³-hybridized carbons (Fsp3) is 0.550. The van der Waals surface area contributed by atoms with Gasteiger partial charge in [0.1, 0.15) is 12.6 Å². The standard InChI is InChI=1S/C20H28N2O4S2/c1-14(23)28-17-9-8-16(12-17)21-19(24)18(10-11-27-2)22-20(25)26-13-15-6-4-3-5-7-15/h3-7,16-18H,8-13H2,1-2H3,(H,21,24)(H,22,25)/t16?,17?,18-/m0/s1. The highest BCUT2D eigenvalue weighted by molar-refractivity contribution is 8.14. The highest BCUT2D eigenvalue weighted by Crippen LogP contribution is 2.30. The molecular formula is C20H28N2O4S2. The predicted octanol–water partition coefficient (Wildman–Crippen LogP) is 3.35. The molecule has 2 rings (SSSR count). The number of ether oxygens (including phenoxy) is 1. The maximum Gasteiger partial charge on any atom is 0.408 e. The van der Waals surface area contributed by atoms with Crippen molar-refractivity contribution in [2.45, 2.75) is 56.5 Å². The number of carbonyl (C=O) groups is 3. The van der Waals surface area contributed by atoms with Gasteiger partial charge in [0.2, 0.25) is 5.91 Å². The number of alkyl carbamates (subject to hydrolysis) is 1. The average Bonchev–Trinajstić information content (AvgIpc) is 3.10. The minimum absolute atomic E-state index is 0.0447. The molecule has 2 amide bonds. The molecule has 1 aromatic carbocycles. The normalized spacial score (nSPS) is 19.6. The van der Waals surface area contributed by atoms with Crippen LogP contribution in [-0.4, -0.2) is 46.5 Å². The van der Waals surface area contributed by atoms with Crippen molar-refractivity contribution in [3.05, 3.63) is 35.9 Å². The Morgan fingerprint density at radius 1 is 1.21 bits per heavy atom. The van der Waals surface area contributed by atoms with Crippen molar-refractivity contribution in [2.24, 2.45) is 0 Å². The second-order valence-corrected chi connectivity index (χ2v) is 9.25. The first-order valence-electron chi connectivity index (χ1n) is 9.41. The van der Waals surface area contributed by atoms with E-state index < -0.39 is 12.1 Å². The van der Waals surface area contributed by atoms with Crippen molar-refractivity contribution in [1.82, 2.24) is 10.6 Å². The van der Waals surface area contributed by atoms with Crippen molar-refractivity contribution < 1.29 is 19.1 Å². The lowest BCUT2D eigenvalue weighted by atomic mass is 10.2. The van der Waals surface area contributed by atoms with Crippen LogP contribution in [0, 0.1) is 0 Å². The van der Waals surface area contributed by atoms with Crippen LogP contribution < -0.4 is 10.6 Å².